The van der Waals surface area contributed by atoms with Crippen molar-refractivity contribution in [1.82, 2.24) is 0 Å². The molecule has 0 radical (unpaired) electrons. The van der Waals surface area contributed by atoms with Crippen molar-refractivity contribution in [2.24, 2.45) is 0 Å². The van der Waals surface area contributed by atoms with E-state index in [1.807, 2.05) is 6.08 Å². The van der Waals surface area contributed by atoms with Crippen LogP contribution in [0.1, 0.15) is 150 Å². The van der Waals surface area contributed by atoms with Crippen molar-refractivity contribution in [1.29, 1.82) is 0 Å². The van der Waals surface area contributed by atoms with Crippen LogP contribution in [0.4, 0.5) is 0 Å². The first-order chi connectivity index (χ1) is 17.0. The maximum Gasteiger partial charge on any atom is 0.306 e. The van der Waals surface area contributed by atoms with Gasteiger partial charge in [0.2, 0.25) is 0 Å². The van der Waals surface area contributed by atoms with Crippen molar-refractivity contribution in [3.63, 3.8) is 0 Å². The third kappa shape index (κ3) is 26.9. The highest BCUT2D eigenvalue weighted by molar-refractivity contribution is 5.69. The van der Waals surface area contributed by atoms with Gasteiger partial charge in [0.15, 0.2) is 0 Å². The molecule has 0 saturated heterocycles. The van der Waals surface area contributed by atoms with Crippen molar-refractivity contribution >= 4 is 11.9 Å². The Morgan fingerprint density at radius 2 is 1.06 bits per heavy atom. The lowest BCUT2D eigenvalue weighted by Crippen LogP contribution is -2.05. The van der Waals surface area contributed by atoms with Gasteiger partial charge >= 0.3 is 11.9 Å². The smallest absolute Gasteiger partial charge is 0.306 e. The van der Waals surface area contributed by atoms with Crippen molar-refractivity contribution < 1.29 is 19.1 Å². The van der Waals surface area contributed by atoms with E-state index in [0.717, 1.165) is 57.8 Å². The molecule has 0 amide bonds. The maximum atomic E-state index is 11.8. The summed E-state index contributed by atoms with van der Waals surface area (Å²) in [5.74, 6) is -0.151. The minimum atomic E-state index is -0.104. The second-order valence-electron chi connectivity index (χ2n) is 10.2. The third-order valence-corrected chi connectivity index (χ3v) is 6.29. The molecule has 204 valence electrons. The molecular weight excluding hydrogens is 436 g/mol. The van der Waals surface area contributed by atoms with E-state index < -0.39 is 0 Å². The standard InChI is InChI=1S/C31H56O4/c1-5-6-7-8-9-10-13-16-19-26-34-30(32)23-17-14-11-12-15-18-24-31(33)35-27-25-29(4)22-20-21-28(2)3/h21,25H,5-20,22-24,26-27H2,1-4H3/b29-25+. The van der Waals surface area contributed by atoms with Gasteiger partial charge in [-0.2, -0.15) is 0 Å². The van der Waals surface area contributed by atoms with E-state index in [1.54, 1.807) is 0 Å². The van der Waals surface area contributed by atoms with Crippen molar-refractivity contribution in [3.8, 4) is 0 Å². The Morgan fingerprint density at radius 3 is 1.60 bits per heavy atom. The Hall–Kier alpha value is -1.58. The van der Waals surface area contributed by atoms with Gasteiger partial charge in [-0.25, -0.2) is 0 Å². The zero-order valence-electron chi connectivity index (χ0n) is 23.6. The molecule has 0 rings (SSSR count). The fraction of sp³-hybridized carbons (Fsp3) is 0.806. The number of allylic oxidation sites excluding steroid dienone is 3. The van der Waals surface area contributed by atoms with Gasteiger partial charge in [0.1, 0.15) is 6.61 Å². The van der Waals surface area contributed by atoms with E-state index in [2.05, 4.69) is 33.8 Å². The zero-order chi connectivity index (χ0) is 26.0. The van der Waals surface area contributed by atoms with Crippen LogP contribution < -0.4 is 0 Å². The number of rotatable bonds is 24. The van der Waals surface area contributed by atoms with Crippen LogP contribution in [0.15, 0.2) is 23.3 Å². The van der Waals surface area contributed by atoms with Crippen LogP contribution >= 0.6 is 0 Å². The van der Waals surface area contributed by atoms with Gasteiger partial charge in [-0.05, 0) is 59.0 Å². The first-order valence-electron chi connectivity index (χ1n) is 14.6. The Bertz CT molecular complexity index is 573. The Kier molecular flexibility index (Phi) is 24.4. The number of hydrogen-bond acceptors (Lipinski definition) is 4. The first-order valence-corrected chi connectivity index (χ1v) is 14.6. The van der Waals surface area contributed by atoms with Crippen LogP contribution in [-0.4, -0.2) is 25.2 Å². The predicted molar refractivity (Wildman–Crippen MR) is 149 cm³/mol. The number of carbonyl (C=O) groups is 2. The van der Waals surface area contributed by atoms with Gasteiger partial charge in [-0.3, -0.25) is 9.59 Å². The Balaban J connectivity index is 3.42. The summed E-state index contributed by atoms with van der Waals surface area (Å²) in [4.78, 5) is 23.6. The lowest BCUT2D eigenvalue weighted by atomic mass is 10.1. The second-order valence-corrected chi connectivity index (χ2v) is 10.2. The van der Waals surface area contributed by atoms with Crippen molar-refractivity contribution in [2.75, 3.05) is 13.2 Å². The molecule has 0 unspecified atom stereocenters. The molecule has 0 fully saturated rings. The SMILES string of the molecule is CCCCCCCCCCCOC(=O)CCCCCCCCC(=O)OC/C=C(\C)CCC=C(C)C. The van der Waals surface area contributed by atoms with Crippen LogP contribution in [0.25, 0.3) is 0 Å². The summed E-state index contributed by atoms with van der Waals surface area (Å²) >= 11 is 0. The molecule has 0 aromatic rings. The van der Waals surface area contributed by atoms with Gasteiger partial charge in [0.25, 0.3) is 0 Å². The van der Waals surface area contributed by atoms with Gasteiger partial charge < -0.3 is 9.47 Å². The molecular formula is C31H56O4. The monoisotopic (exact) mass is 492 g/mol. The molecule has 0 heterocycles. The molecule has 0 spiro atoms. The fourth-order valence-corrected chi connectivity index (χ4v) is 3.96. The minimum Gasteiger partial charge on any atom is -0.466 e. The molecule has 0 aliphatic carbocycles. The first kappa shape index (κ1) is 33.4. The molecule has 0 aromatic carbocycles. The van der Waals surface area contributed by atoms with Gasteiger partial charge in [0.05, 0.1) is 6.61 Å². The fourth-order valence-electron chi connectivity index (χ4n) is 3.96. The van der Waals surface area contributed by atoms with Gasteiger partial charge in [0, 0.05) is 12.8 Å². The quantitative estimate of drug-likeness (QED) is 0.0764. The summed E-state index contributed by atoms with van der Waals surface area (Å²) in [6.45, 7) is 9.52. The Morgan fingerprint density at radius 1 is 0.571 bits per heavy atom. The molecule has 0 atom stereocenters. The van der Waals surface area contributed by atoms with Crippen LogP contribution in [0.2, 0.25) is 0 Å². The third-order valence-electron chi connectivity index (χ3n) is 6.29. The molecule has 0 N–H and O–H groups in total. The van der Waals surface area contributed by atoms with Gasteiger partial charge in [-0.15, -0.1) is 0 Å². The summed E-state index contributed by atoms with van der Waals surface area (Å²) in [7, 11) is 0. The van der Waals surface area contributed by atoms with Gasteiger partial charge in [-0.1, -0.05) is 101 Å². The summed E-state index contributed by atoms with van der Waals surface area (Å²) in [5.41, 5.74) is 2.61. The largest absolute Gasteiger partial charge is 0.466 e. The highest BCUT2D eigenvalue weighted by Crippen LogP contribution is 2.12. The van der Waals surface area contributed by atoms with E-state index in [1.165, 1.54) is 62.5 Å². The highest BCUT2D eigenvalue weighted by Gasteiger charge is 2.04. The molecule has 35 heavy (non-hydrogen) atoms. The lowest BCUT2D eigenvalue weighted by molar-refractivity contribution is -0.144. The number of hydrogen-bond donors (Lipinski definition) is 0. The molecule has 4 heteroatoms. The number of esters is 2. The zero-order valence-corrected chi connectivity index (χ0v) is 23.6. The molecule has 0 aromatic heterocycles. The molecule has 4 nitrogen and oxygen atoms in total. The van der Waals surface area contributed by atoms with Crippen molar-refractivity contribution in [3.05, 3.63) is 23.3 Å². The molecule has 0 bridgehead atoms. The van der Waals surface area contributed by atoms with Crippen LogP contribution in [0.5, 0.6) is 0 Å². The van der Waals surface area contributed by atoms with Crippen LogP contribution in [0, 0.1) is 0 Å². The normalized spacial score (nSPS) is 11.4. The van der Waals surface area contributed by atoms with Crippen LogP contribution in [-0.2, 0) is 19.1 Å². The topological polar surface area (TPSA) is 52.6 Å². The van der Waals surface area contributed by atoms with Crippen LogP contribution in [0.3, 0.4) is 0 Å². The summed E-state index contributed by atoms with van der Waals surface area (Å²) in [6, 6.07) is 0. The number of unbranched alkanes of at least 4 members (excludes halogenated alkanes) is 13. The average molecular weight is 493 g/mol. The minimum absolute atomic E-state index is 0.0476. The van der Waals surface area contributed by atoms with E-state index in [0.29, 0.717) is 26.1 Å². The maximum absolute atomic E-state index is 11.8. The van der Waals surface area contributed by atoms with E-state index >= 15 is 0 Å². The summed E-state index contributed by atoms with van der Waals surface area (Å²) in [5, 5.41) is 0. The van der Waals surface area contributed by atoms with E-state index in [9.17, 15) is 9.59 Å². The van der Waals surface area contributed by atoms with E-state index in [-0.39, 0.29) is 11.9 Å². The predicted octanol–water partition coefficient (Wildman–Crippen LogP) is 9.42. The Labute approximate surface area is 217 Å². The van der Waals surface area contributed by atoms with E-state index in [4.69, 9.17) is 9.47 Å². The molecule has 0 aliphatic rings. The molecule has 0 saturated carbocycles. The molecule has 0 aliphatic heterocycles. The average Bonchev–Trinajstić information content (AvgIpc) is 2.81. The summed E-state index contributed by atoms with van der Waals surface area (Å²) in [6.07, 6.45) is 24.9. The summed E-state index contributed by atoms with van der Waals surface area (Å²) < 4.78 is 10.7. The number of ether oxygens (including phenoxy) is 2. The highest BCUT2D eigenvalue weighted by atomic mass is 16.5. The van der Waals surface area contributed by atoms with Crippen molar-refractivity contribution in [2.45, 2.75) is 150 Å². The second kappa shape index (κ2) is 25.5. The number of carbonyl (C=O) groups excluding carboxylic acids is 2. The lowest BCUT2D eigenvalue weighted by Gasteiger charge is -2.06.